The standard InChI is InChI=1S/C31H40F3N5O5/c1-19-16-39(20(2)18-40)28(41)25-15-24(36-29(42)35-23-11-9-21(10-12-23)31(32,33)34)13-14-26(25)44-27(19)17-38(3)30(43)37-22-7-5-4-6-8-22/h9-15,19-20,22,27,40H,4-8,16-18H2,1-3H3,(H,37,43)(H2,35,36,42)/t19-,20-,27+/m1/s1. The van der Waals surface area contributed by atoms with Crippen LogP contribution in [0, 0.1) is 5.92 Å². The number of hydrogen-bond acceptors (Lipinski definition) is 5. The quantitative estimate of drug-likeness (QED) is 0.324. The fourth-order valence-corrected chi connectivity index (χ4v) is 5.44. The number of carbonyl (C=O) groups excluding carboxylic acids is 3. The maximum Gasteiger partial charge on any atom is 0.416 e. The number of aliphatic hydroxyl groups excluding tert-OH is 1. The summed E-state index contributed by atoms with van der Waals surface area (Å²) >= 11 is 0. The molecule has 0 aromatic heterocycles. The van der Waals surface area contributed by atoms with Gasteiger partial charge in [-0.25, -0.2) is 9.59 Å². The number of carbonyl (C=O) groups is 3. The van der Waals surface area contributed by atoms with Crippen molar-refractivity contribution in [3.05, 3.63) is 53.6 Å². The number of likely N-dealkylation sites (N-methyl/N-ethyl adjacent to an activating group) is 1. The number of nitrogens with zero attached hydrogens (tertiary/aromatic N) is 2. The third-order valence-corrected chi connectivity index (χ3v) is 8.13. The molecule has 2 aromatic carbocycles. The lowest BCUT2D eigenvalue weighted by Gasteiger charge is -2.38. The highest BCUT2D eigenvalue weighted by Gasteiger charge is 2.34. The number of fused-ring (bicyclic) bond motifs is 1. The smallest absolute Gasteiger partial charge is 0.416 e. The largest absolute Gasteiger partial charge is 0.487 e. The van der Waals surface area contributed by atoms with Gasteiger partial charge >= 0.3 is 18.2 Å². The molecule has 1 heterocycles. The molecule has 0 spiro atoms. The van der Waals surface area contributed by atoms with Crippen LogP contribution in [-0.2, 0) is 6.18 Å². The van der Waals surface area contributed by atoms with Crippen LogP contribution in [0.4, 0.5) is 34.1 Å². The minimum Gasteiger partial charge on any atom is -0.487 e. The zero-order chi connectivity index (χ0) is 32.0. The van der Waals surface area contributed by atoms with Gasteiger partial charge in [-0.3, -0.25) is 4.79 Å². The van der Waals surface area contributed by atoms with Gasteiger partial charge in [-0.1, -0.05) is 26.2 Å². The summed E-state index contributed by atoms with van der Waals surface area (Å²) in [5.74, 6) is -0.336. The summed E-state index contributed by atoms with van der Waals surface area (Å²) in [4.78, 5) is 42.4. The molecule has 4 N–H and O–H groups in total. The summed E-state index contributed by atoms with van der Waals surface area (Å²) in [6.07, 6.45) is 0.293. The van der Waals surface area contributed by atoms with Gasteiger partial charge in [0, 0.05) is 36.9 Å². The second kappa shape index (κ2) is 14.2. The van der Waals surface area contributed by atoms with Gasteiger partial charge in [0.15, 0.2) is 0 Å². The Hall–Kier alpha value is -4.00. The molecule has 0 unspecified atom stereocenters. The van der Waals surface area contributed by atoms with E-state index >= 15 is 0 Å². The maximum atomic E-state index is 13.7. The summed E-state index contributed by atoms with van der Waals surface area (Å²) < 4.78 is 44.9. The van der Waals surface area contributed by atoms with Crippen LogP contribution in [-0.4, -0.2) is 77.8 Å². The first-order chi connectivity index (χ1) is 20.8. The van der Waals surface area contributed by atoms with E-state index in [9.17, 15) is 32.7 Å². The van der Waals surface area contributed by atoms with Crippen LogP contribution in [0.25, 0.3) is 0 Å². The Balaban J connectivity index is 1.51. The first-order valence-corrected chi connectivity index (χ1v) is 14.8. The first-order valence-electron chi connectivity index (χ1n) is 14.8. The molecule has 1 fully saturated rings. The van der Waals surface area contributed by atoms with Crippen molar-refractivity contribution in [3.63, 3.8) is 0 Å². The number of hydrogen-bond donors (Lipinski definition) is 4. The van der Waals surface area contributed by atoms with E-state index in [4.69, 9.17) is 4.74 Å². The second-order valence-corrected chi connectivity index (χ2v) is 11.7. The molecule has 44 heavy (non-hydrogen) atoms. The monoisotopic (exact) mass is 619 g/mol. The Bertz CT molecular complexity index is 1320. The molecule has 240 valence electrons. The Morgan fingerprint density at radius 2 is 1.70 bits per heavy atom. The number of urea groups is 2. The fourth-order valence-electron chi connectivity index (χ4n) is 5.44. The van der Waals surface area contributed by atoms with Gasteiger partial charge in [0.05, 0.1) is 30.3 Å². The predicted molar refractivity (Wildman–Crippen MR) is 160 cm³/mol. The number of rotatable bonds is 7. The van der Waals surface area contributed by atoms with Crippen LogP contribution in [0.15, 0.2) is 42.5 Å². The molecule has 10 nitrogen and oxygen atoms in total. The van der Waals surface area contributed by atoms with Crippen LogP contribution in [0.3, 0.4) is 0 Å². The first kappa shape index (κ1) is 32.9. The van der Waals surface area contributed by atoms with Gasteiger partial charge in [0.1, 0.15) is 11.9 Å². The SMILES string of the molecule is C[C@@H]1CN([C@H](C)CO)C(=O)c2cc(NC(=O)Nc3ccc(C(F)(F)F)cc3)ccc2O[C@H]1CN(C)C(=O)NC1CCCCC1. The van der Waals surface area contributed by atoms with Gasteiger partial charge in [-0.15, -0.1) is 0 Å². The van der Waals surface area contributed by atoms with Crippen molar-refractivity contribution < 1.29 is 37.4 Å². The van der Waals surface area contributed by atoms with E-state index in [1.807, 2.05) is 6.92 Å². The molecule has 0 radical (unpaired) electrons. The number of amides is 5. The third kappa shape index (κ3) is 8.34. The minimum atomic E-state index is -4.49. The minimum absolute atomic E-state index is 0.149. The van der Waals surface area contributed by atoms with Crippen molar-refractivity contribution in [2.24, 2.45) is 5.92 Å². The summed E-state index contributed by atoms with van der Waals surface area (Å²) in [7, 11) is 1.70. The van der Waals surface area contributed by atoms with Crippen LogP contribution in [0.5, 0.6) is 5.75 Å². The van der Waals surface area contributed by atoms with Gasteiger partial charge < -0.3 is 35.6 Å². The van der Waals surface area contributed by atoms with Crippen LogP contribution in [0.1, 0.15) is 61.9 Å². The lowest BCUT2D eigenvalue weighted by Crippen LogP contribution is -2.52. The molecule has 1 saturated carbocycles. The Morgan fingerprint density at radius 3 is 2.34 bits per heavy atom. The molecule has 1 aliphatic carbocycles. The lowest BCUT2D eigenvalue weighted by molar-refractivity contribution is -0.137. The highest BCUT2D eigenvalue weighted by atomic mass is 19.4. The third-order valence-electron chi connectivity index (χ3n) is 8.13. The molecule has 0 saturated heterocycles. The maximum absolute atomic E-state index is 13.7. The summed E-state index contributed by atoms with van der Waals surface area (Å²) in [5, 5.41) is 18.1. The number of halogens is 3. The second-order valence-electron chi connectivity index (χ2n) is 11.7. The number of benzene rings is 2. The molecule has 0 bridgehead atoms. The molecular weight excluding hydrogens is 579 g/mol. The average molecular weight is 620 g/mol. The summed E-state index contributed by atoms with van der Waals surface area (Å²) in [6.45, 7) is 3.90. The van der Waals surface area contributed by atoms with E-state index in [2.05, 4.69) is 16.0 Å². The van der Waals surface area contributed by atoms with Crippen molar-refractivity contribution in [2.75, 3.05) is 37.4 Å². The van der Waals surface area contributed by atoms with Gasteiger partial charge in [0.25, 0.3) is 5.91 Å². The van der Waals surface area contributed by atoms with Gasteiger partial charge in [0.2, 0.25) is 0 Å². The molecular formula is C31H40F3N5O5. The summed E-state index contributed by atoms with van der Waals surface area (Å²) in [5.41, 5.74) is -0.286. The molecule has 3 atom stereocenters. The molecule has 4 rings (SSSR count). The van der Waals surface area contributed by atoms with Crippen molar-refractivity contribution in [1.82, 2.24) is 15.1 Å². The van der Waals surface area contributed by atoms with E-state index < -0.39 is 35.8 Å². The number of nitrogens with one attached hydrogen (secondary N) is 3. The van der Waals surface area contributed by atoms with Gasteiger partial charge in [-0.05, 0) is 62.2 Å². The number of aliphatic hydroxyl groups is 1. The molecule has 2 aromatic rings. The van der Waals surface area contributed by atoms with Crippen molar-refractivity contribution in [1.29, 1.82) is 0 Å². The van der Waals surface area contributed by atoms with Crippen molar-refractivity contribution >= 4 is 29.3 Å². The van der Waals surface area contributed by atoms with E-state index in [-0.39, 0.29) is 60.4 Å². The van der Waals surface area contributed by atoms with Crippen LogP contribution < -0.4 is 20.7 Å². The molecule has 5 amide bonds. The van der Waals surface area contributed by atoms with Crippen molar-refractivity contribution in [2.45, 2.75) is 70.3 Å². The average Bonchev–Trinajstić information content (AvgIpc) is 2.99. The van der Waals surface area contributed by atoms with Crippen LogP contribution in [0.2, 0.25) is 0 Å². The highest BCUT2D eigenvalue weighted by Crippen LogP contribution is 2.32. The van der Waals surface area contributed by atoms with Crippen LogP contribution >= 0.6 is 0 Å². The number of ether oxygens (including phenoxy) is 1. The molecule has 2 aliphatic rings. The Kier molecular flexibility index (Phi) is 10.6. The molecule has 13 heteroatoms. The van der Waals surface area contributed by atoms with E-state index in [0.717, 1.165) is 49.9 Å². The fraction of sp³-hybridized carbons (Fsp3) is 0.516. The number of alkyl halides is 3. The zero-order valence-corrected chi connectivity index (χ0v) is 25.1. The van der Waals surface area contributed by atoms with E-state index in [0.29, 0.717) is 0 Å². The molecule has 1 aliphatic heterocycles. The van der Waals surface area contributed by atoms with E-state index in [1.54, 1.807) is 35.9 Å². The topological polar surface area (TPSA) is 123 Å². The lowest BCUT2D eigenvalue weighted by atomic mass is 9.96. The predicted octanol–water partition coefficient (Wildman–Crippen LogP) is 5.54. The Morgan fingerprint density at radius 1 is 1.07 bits per heavy atom. The zero-order valence-electron chi connectivity index (χ0n) is 25.1. The number of anilines is 2. The Labute approximate surface area is 254 Å². The van der Waals surface area contributed by atoms with Gasteiger partial charge in [-0.2, -0.15) is 13.2 Å². The summed E-state index contributed by atoms with van der Waals surface area (Å²) in [6, 6.07) is 7.28. The van der Waals surface area contributed by atoms with E-state index in [1.165, 1.54) is 12.5 Å². The van der Waals surface area contributed by atoms with Crippen molar-refractivity contribution in [3.8, 4) is 5.75 Å². The normalized spacial score (nSPS) is 20.0. The highest BCUT2D eigenvalue weighted by molar-refractivity contribution is 6.02.